The summed E-state index contributed by atoms with van der Waals surface area (Å²) in [7, 11) is 0. The number of urea groups is 1. The minimum Gasteiger partial charge on any atom is -0.454 e. The van der Waals surface area contributed by atoms with E-state index in [9.17, 15) is 24.0 Å². The highest BCUT2D eigenvalue weighted by Crippen LogP contribution is 2.00. The van der Waals surface area contributed by atoms with Crippen LogP contribution in [-0.2, 0) is 27.4 Å². The van der Waals surface area contributed by atoms with Crippen LogP contribution in [0.4, 0.5) is 4.79 Å². The van der Waals surface area contributed by atoms with Crippen molar-refractivity contribution in [2.24, 2.45) is 0 Å². The molecule has 1 aliphatic heterocycles. The molecular formula is C18H18N4O6. The van der Waals surface area contributed by atoms with E-state index in [4.69, 9.17) is 4.74 Å². The lowest BCUT2D eigenvalue weighted by Gasteiger charge is -2.13. The zero-order chi connectivity index (χ0) is 20.1. The zero-order valence-electron chi connectivity index (χ0n) is 14.9. The van der Waals surface area contributed by atoms with Gasteiger partial charge >= 0.3 is 17.7 Å². The largest absolute Gasteiger partial charge is 0.454 e. The number of imide groups is 1. The third kappa shape index (κ3) is 4.34. The summed E-state index contributed by atoms with van der Waals surface area (Å²) in [4.78, 5) is 60.7. The zero-order valence-corrected chi connectivity index (χ0v) is 14.9. The first kappa shape index (κ1) is 19.1. The molecule has 1 fully saturated rings. The van der Waals surface area contributed by atoms with Crippen LogP contribution in [0.5, 0.6) is 0 Å². The van der Waals surface area contributed by atoms with Gasteiger partial charge in [-0.15, -0.1) is 0 Å². The van der Waals surface area contributed by atoms with Crippen LogP contribution >= 0.6 is 0 Å². The van der Waals surface area contributed by atoms with Gasteiger partial charge in [0.1, 0.15) is 6.54 Å². The number of carbonyl (C=O) groups is 3. The van der Waals surface area contributed by atoms with Crippen molar-refractivity contribution in [2.45, 2.75) is 13.1 Å². The third-order valence-corrected chi connectivity index (χ3v) is 4.14. The van der Waals surface area contributed by atoms with Gasteiger partial charge in [0, 0.05) is 25.4 Å². The molecule has 10 nitrogen and oxygen atoms in total. The van der Waals surface area contributed by atoms with E-state index in [1.165, 1.54) is 16.8 Å². The average Bonchev–Trinajstić information content (AvgIpc) is 3.12. The van der Waals surface area contributed by atoms with E-state index in [1.807, 2.05) is 30.3 Å². The summed E-state index contributed by atoms with van der Waals surface area (Å²) in [6.07, 6.45) is 1.36. The number of hydrogen-bond donors (Lipinski definition) is 1. The van der Waals surface area contributed by atoms with E-state index < -0.39 is 42.3 Å². The van der Waals surface area contributed by atoms with Gasteiger partial charge in [-0.25, -0.2) is 14.2 Å². The third-order valence-electron chi connectivity index (χ3n) is 4.14. The van der Waals surface area contributed by atoms with E-state index in [1.54, 1.807) is 0 Å². The van der Waals surface area contributed by atoms with E-state index in [-0.39, 0.29) is 13.1 Å². The molecule has 1 aromatic carbocycles. The molecule has 146 valence electrons. The molecule has 1 N–H and O–H groups in total. The van der Waals surface area contributed by atoms with Gasteiger partial charge in [0.15, 0.2) is 6.61 Å². The molecule has 3 amide bonds. The Kier molecular flexibility index (Phi) is 5.68. The first-order chi connectivity index (χ1) is 13.5. The normalized spacial score (nSPS) is 13.3. The highest BCUT2D eigenvalue weighted by molar-refractivity contribution is 5.96. The highest BCUT2D eigenvalue weighted by atomic mass is 16.5. The molecule has 0 bridgehead atoms. The SMILES string of the molecule is O=C(Cn1c(=O)ccn(Cc2ccccc2)c1=O)OCC(=O)N1CCNC1=O. The quantitative estimate of drug-likeness (QED) is 0.646. The molecule has 10 heteroatoms. The Morgan fingerprint density at radius 1 is 1.07 bits per heavy atom. The maximum Gasteiger partial charge on any atom is 0.331 e. The molecule has 0 aliphatic carbocycles. The average molecular weight is 386 g/mol. The van der Waals surface area contributed by atoms with E-state index in [0.717, 1.165) is 15.0 Å². The minimum absolute atomic E-state index is 0.192. The smallest absolute Gasteiger partial charge is 0.331 e. The summed E-state index contributed by atoms with van der Waals surface area (Å²) in [5.74, 6) is -1.60. The molecule has 28 heavy (non-hydrogen) atoms. The maximum absolute atomic E-state index is 12.5. The Labute approximate surface area is 158 Å². The fourth-order valence-electron chi connectivity index (χ4n) is 2.71. The number of esters is 1. The Hall–Kier alpha value is -3.69. The van der Waals surface area contributed by atoms with Gasteiger partial charge in [-0.05, 0) is 5.56 Å². The van der Waals surface area contributed by atoms with Crippen molar-refractivity contribution >= 4 is 17.9 Å². The first-order valence-corrected chi connectivity index (χ1v) is 8.54. The maximum atomic E-state index is 12.5. The van der Waals surface area contributed by atoms with E-state index in [2.05, 4.69) is 5.32 Å². The molecular weight excluding hydrogens is 368 g/mol. The molecule has 0 unspecified atom stereocenters. The summed E-state index contributed by atoms with van der Waals surface area (Å²) in [6.45, 7) is -0.521. The Morgan fingerprint density at radius 2 is 1.82 bits per heavy atom. The predicted molar refractivity (Wildman–Crippen MR) is 96.6 cm³/mol. The second kappa shape index (κ2) is 8.33. The van der Waals surface area contributed by atoms with Gasteiger partial charge in [0.05, 0.1) is 6.54 Å². The first-order valence-electron chi connectivity index (χ1n) is 8.54. The molecule has 0 atom stereocenters. The number of rotatable bonds is 6. The molecule has 0 spiro atoms. The van der Waals surface area contributed by atoms with Crippen LogP contribution in [0.1, 0.15) is 5.56 Å². The van der Waals surface area contributed by atoms with Crippen LogP contribution in [0, 0.1) is 0 Å². The lowest BCUT2D eigenvalue weighted by atomic mass is 10.2. The van der Waals surface area contributed by atoms with Crippen molar-refractivity contribution in [3.05, 3.63) is 69.0 Å². The highest BCUT2D eigenvalue weighted by Gasteiger charge is 2.26. The van der Waals surface area contributed by atoms with Crippen LogP contribution in [0.3, 0.4) is 0 Å². The fourth-order valence-corrected chi connectivity index (χ4v) is 2.71. The summed E-state index contributed by atoms with van der Waals surface area (Å²) in [6, 6.07) is 9.78. The number of ether oxygens (including phenoxy) is 1. The number of hydrogen-bond acceptors (Lipinski definition) is 6. The summed E-state index contributed by atoms with van der Waals surface area (Å²) in [5, 5.41) is 2.46. The molecule has 1 aromatic heterocycles. The van der Waals surface area contributed by atoms with Crippen molar-refractivity contribution < 1.29 is 19.1 Å². The molecule has 3 rings (SSSR count). The summed E-state index contributed by atoms with van der Waals surface area (Å²) in [5.41, 5.74) is -0.470. The number of carbonyl (C=O) groups excluding carboxylic acids is 3. The number of benzene rings is 1. The summed E-state index contributed by atoms with van der Waals surface area (Å²) >= 11 is 0. The molecule has 0 saturated carbocycles. The van der Waals surface area contributed by atoms with Crippen LogP contribution < -0.4 is 16.6 Å². The molecule has 1 aliphatic rings. The standard InChI is InChI=1S/C18H18N4O6/c23-14-6-8-20(10-13-4-2-1-3-5-13)18(27)22(14)11-16(25)28-12-15(24)21-9-7-19-17(21)26/h1-6,8H,7,9-12H2,(H,19,26). The number of nitrogens with one attached hydrogen (secondary N) is 1. The van der Waals surface area contributed by atoms with Gasteiger partial charge in [0.2, 0.25) is 0 Å². The number of amides is 3. The van der Waals surface area contributed by atoms with Crippen molar-refractivity contribution in [3.63, 3.8) is 0 Å². The number of nitrogens with zero attached hydrogens (tertiary/aromatic N) is 3. The minimum atomic E-state index is -0.926. The van der Waals surface area contributed by atoms with Crippen LogP contribution in [0.15, 0.2) is 52.2 Å². The Bertz CT molecular complexity index is 1010. The van der Waals surface area contributed by atoms with Gasteiger partial charge in [-0.2, -0.15) is 0 Å². The molecule has 2 aromatic rings. The molecule has 1 saturated heterocycles. The number of aromatic nitrogens is 2. The van der Waals surface area contributed by atoms with E-state index in [0.29, 0.717) is 6.54 Å². The van der Waals surface area contributed by atoms with Crippen molar-refractivity contribution in [2.75, 3.05) is 19.7 Å². The fraction of sp³-hybridized carbons (Fsp3) is 0.278. The topological polar surface area (TPSA) is 120 Å². The second-order valence-electron chi connectivity index (χ2n) is 6.07. The monoisotopic (exact) mass is 386 g/mol. The van der Waals surface area contributed by atoms with Gasteiger partial charge in [0.25, 0.3) is 11.5 Å². The van der Waals surface area contributed by atoms with Crippen LogP contribution in [-0.4, -0.2) is 51.6 Å². The van der Waals surface area contributed by atoms with E-state index >= 15 is 0 Å². The summed E-state index contributed by atoms with van der Waals surface area (Å²) < 4.78 is 6.85. The van der Waals surface area contributed by atoms with Gasteiger partial charge < -0.3 is 10.1 Å². The van der Waals surface area contributed by atoms with Crippen molar-refractivity contribution in [1.82, 2.24) is 19.4 Å². The van der Waals surface area contributed by atoms with Crippen LogP contribution in [0.25, 0.3) is 0 Å². The second-order valence-corrected chi connectivity index (χ2v) is 6.07. The van der Waals surface area contributed by atoms with Crippen molar-refractivity contribution in [3.8, 4) is 0 Å². The lowest BCUT2D eigenvalue weighted by molar-refractivity contribution is -0.151. The Morgan fingerprint density at radius 3 is 2.50 bits per heavy atom. The molecule has 2 heterocycles. The predicted octanol–water partition coefficient (Wildman–Crippen LogP) is -0.847. The van der Waals surface area contributed by atoms with Gasteiger partial charge in [-0.1, -0.05) is 30.3 Å². The van der Waals surface area contributed by atoms with Crippen molar-refractivity contribution in [1.29, 1.82) is 0 Å². The van der Waals surface area contributed by atoms with Gasteiger partial charge in [-0.3, -0.25) is 23.9 Å². The Balaban J connectivity index is 1.66. The van der Waals surface area contributed by atoms with Crippen LogP contribution in [0.2, 0.25) is 0 Å². The lowest BCUT2D eigenvalue weighted by Crippen LogP contribution is -2.42. The molecule has 0 radical (unpaired) electrons.